The number of carbonyl (C=O) groups is 1. The third kappa shape index (κ3) is 2.43. The summed E-state index contributed by atoms with van der Waals surface area (Å²) in [6.45, 7) is 0.616. The second-order valence-electron chi connectivity index (χ2n) is 4.30. The number of alkyl halides is 1. The summed E-state index contributed by atoms with van der Waals surface area (Å²) < 4.78 is 13.3. The Kier molecular flexibility index (Phi) is 3.28. The molecule has 0 radical (unpaired) electrons. The summed E-state index contributed by atoms with van der Waals surface area (Å²) in [5.41, 5.74) is 0.328. The van der Waals surface area contributed by atoms with Crippen LogP contribution in [0.15, 0.2) is 24.3 Å². The van der Waals surface area contributed by atoms with E-state index in [0.29, 0.717) is 6.54 Å². The maximum absolute atomic E-state index is 13.3. The molecule has 2 nitrogen and oxygen atoms in total. The fourth-order valence-electron chi connectivity index (χ4n) is 1.54. The van der Waals surface area contributed by atoms with E-state index in [1.165, 1.54) is 12.1 Å². The Morgan fingerprint density at radius 1 is 1.44 bits per heavy atom. The van der Waals surface area contributed by atoms with Gasteiger partial charge >= 0.3 is 0 Å². The van der Waals surface area contributed by atoms with Gasteiger partial charge in [-0.05, 0) is 30.4 Å². The highest BCUT2D eigenvalue weighted by molar-refractivity contribution is 9.09. The number of nitrogens with one attached hydrogen (secondary N) is 1. The van der Waals surface area contributed by atoms with Crippen molar-refractivity contribution in [2.24, 2.45) is 5.41 Å². The van der Waals surface area contributed by atoms with Gasteiger partial charge in [0.05, 0.1) is 5.56 Å². The van der Waals surface area contributed by atoms with Gasteiger partial charge in [-0.2, -0.15) is 0 Å². The number of carbonyl (C=O) groups excluding carboxylic acids is 1. The SMILES string of the molecule is O=C(NCC1(CBr)CC1)c1ccccc1F. The van der Waals surface area contributed by atoms with Crippen molar-refractivity contribution in [2.45, 2.75) is 12.8 Å². The van der Waals surface area contributed by atoms with E-state index < -0.39 is 5.82 Å². The summed E-state index contributed by atoms with van der Waals surface area (Å²) >= 11 is 3.43. The average molecular weight is 286 g/mol. The minimum Gasteiger partial charge on any atom is -0.351 e. The number of rotatable bonds is 4. The van der Waals surface area contributed by atoms with Crippen LogP contribution >= 0.6 is 15.9 Å². The van der Waals surface area contributed by atoms with Crippen molar-refractivity contribution in [1.29, 1.82) is 0 Å². The monoisotopic (exact) mass is 285 g/mol. The molecule has 1 aliphatic rings. The average Bonchev–Trinajstić information content (AvgIpc) is 3.07. The molecule has 0 unspecified atom stereocenters. The summed E-state index contributed by atoms with van der Waals surface area (Å²) in [6, 6.07) is 6.03. The molecule has 1 aromatic carbocycles. The van der Waals surface area contributed by atoms with Gasteiger partial charge in [-0.1, -0.05) is 28.1 Å². The van der Waals surface area contributed by atoms with Crippen LogP contribution < -0.4 is 5.32 Å². The molecule has 0 bridgehead atoms. The van der Waals surface area contributed by atoms with Crippen LogP contribution in [-0.4, -0.2) is 17.8 Å². The van der Waals surface area contributed by atoms with Crippen molar-refractivity contribution >= 4 is 21.8 Å². The van der Waals surface area contributed by atoms with Crippen molar-refractivity contribution in [3.05, 3.63) is 35.6 Å². The lowest BCUT2D eigenvalue weighted by Gasteiger charge is -2.12. The molecule has 2 rings (SSSR count). The molecule has 0 atom stereocenters. The predicted octanol–water partition coefficient (Wildman–Crippen LogP) is 2.73. The van der Waals surface area contributed by atoms with Crippen LogP contribution in [0.5, 0.6) is 0 Å². The summed E-state index contributed by atoms with van der Waals surface area (Å²) in [7, 11) is 0. The van der Waals surface area contributed by atoms with Gasteiger partial charge in [-0.25, -0.2) is 4.39 Å². The first-order valence-corrected chi connectivity index (χ1v) is 6.38. The molecule has 1 N–H and O–H groups in total. The minimum absolute atomic E-state index is 0.118. The van der Waals surface area contributed by atoms with Crippen LogP contribution in [0.4, 0.5) is 4.39 Å². The highest BCUT2D eigenvalue weighted by atomic mass is 79.9. The zero-order chi connectivity index (χ0) is 11.6. The van der Waals surface area contributed by atoms with Gasteiger partial charge in [0.2, 0.25) is 0 Å². The van der Waals surface area contributed by atoms with Gasteiger partial charge in [0.15, 0.2) is 0 Å². The molecule has 1 aliphatic carbocycles. The van der Waals surface area contributed by atoms with Gasteiger partial charge in [-0.3, -0.25) is 4.79 Å². The number of benzene rings is 1. The van der Waals surface area contributed by atoms with E-state index in [1.807, 2.05) is 0 Å². The van der Waals surface area contributed by atoms with Gasteiger partial charge in [0, 0.05) is 11.9 Å². The third-order valence-electron chi connectivity index (χ3n) is 2.98. The molecule has 1 saturated carbocycles. The standard InChI is InChI=1S/C12H13BrFNO/c13-7-12(5-6-12)8-15-11(16)9-3-1-2-4-10(9)14/h1-4H,5-8H2,(H,15,16). The van der Waals surface area contributed by atoms with E-state index >= 15 is 0 Å². The summed E-state index contributed by atoms with van der Waals surface area (Å²) in [5, 5.41) is 3.67. The van der Waals surface area contributed by atoms with Gasteiger partial charge in [0.25, 0.3) is 5.91 Å². The first-order chi connectivity index (χ1) is 7.67. The number of halogens is 2. The van der Waals surface area contributed by atoms with Crippen LogP contribution in [0.2, 0.25) is 0 Å². The fraction of sp³-hybridized carbons (Fsp3) is 0.417. The quantitative estimate of drug-likeness (QED) is 0.847. The second-order valence-corrected chi connectivity index (χ2v) is 4.86. The molecule has 1 fully saturated rings. The van der Waals surface area contributed by atoms with Crippen LogP contribution in [0.25, 0.3) is 0 Å². The van der Waals surface area contributed by atoms with E-state index in [4.69, 9.17) is 0 Å². The van der Waals surface area contributed by atoms with Gasteiger partial charge < -0.3 is 5.32 Å². The maximum atomic E-state index is 13.3. The van der Waals surface area contributed by atoms with E-state index in [1.54, 1.807) is 12.1 Å². The highest BCUT2D eigenvalue weighted by Gasteiger charge is 2.41. The van der Waals surface area contributed by atoms with Crippen molar-refractivity contribution < 1.29 is 9.18 Å². The van der Waals surface area contributed by atoms with Crippen molar-refractivity contribution in [2.75, 3.05) is 11.9 Å². The van der Waals surface area contributed by atoms with Crippen LogP contribution in [-0.2, 0) is 0 Å². The lowest BCUT2D eigenvalue weighted by Crippen LogP contribution is -2.31. The molecule has 0 aliphatic heterocycles. The zero-order valence-electron chi connectivity index (χ0n) is 8.80. The molecule has 1 aromatic rings. The predicted molar refractivity (Wildman–Crippen MR) is 64.2 cm³/mol. The van der Waals surface area contributed by atoms with Crippen LogP contribution in [0, 0.1) is 11.2 Å². The molecule has 0 spiro atoms. The molecule has 86 valence electrons. The minimum atomic E-state index is -0.469. The fourth-order valence-corrected chi connectivity index (χ4v) is 2.30. The first-order valence-electron chi connectivity index (χ1n) is 5.26. The lowest BCUT2D eigenvalue weighted by atomic mass is 10.1. The number of amides is 1. The van der Waals surface area contributed by atoms with Gasteiger partial charge in [0.1, 0.15) is 5.82 Å². The van der Waals surface area contributed by atoms with Gasteiger partial charge in [-0.15, -0.1) is 0 Å². The number of hydrogen-bond donors (Lipinski definition) is 1. The Bertz CT molecular complexity index is 404. The summed E-state index contributed by atoms with van der Waals surface area (Å²) in [5.74, 6) is -0.797. The first kappa shape index (κ1) is 11.6. The third-order valence-corrected chi connectivity index (χ3v) is 4.17. The lowest BCUT2D eigenvalue weighted by molar-refractivity contribution is 0.0942. The van der Waals surface area contributed by atoms with Crippen molar-refractivity contribution in [1.82, 2.24) is 5.32 Å². The largest absolute Gasteiger partial charge is 0.351 e. The normalized spacial score (nSPS) is 16.9. The molecule has 0 aromatic heterocycles. The second kappa shape index (κ2) is 4.53. The zero-order valence-corrected chi connectivity index (χ0v) is 10.4. The molecule has 0 saturated heterocycles. The van der Waals surface area contributed by atoms with E-state index in [9.17, 15) is 9.18 Å². The van der Waals surface area contributed by atoms with Crippen LogP contribution in [0.1, 0.15) is 23.2 Å². The Morgan fingerprint density at radius 2 is 2.12 bits per heavy atom. The molecular formula is C12H13BrFNO. The van der Waals surface area contributed by atoms with Crippen LogP contribution in [0.3, 0.4) is 0 Å². The number of hydrogen-bond acceptors (Lipinski definition) is 1. The van der Waals surface area contributed by atoms with E-state index in [2.05, 4.69) is 21.2 Å². The molecule has 16 heavy (non-hydrogen) atoms. The Morgan fingerprint density at radius 3 is 2.69 bits per heavy atom. The summed E-state index contributed by atoms with van der Waals surface area (Å²) in [6.07, 6.45) is 2.24. The Labute approximate surface area is 102 Å². The van der Waals surface area contributed by atoms with Crippen molar-refractivity contribution in [3.8, 4) is 0 Å². The van der Waals surface area contributed by atoms with E-state index in [-0.39, 0.29) is 16.9 Å². The smallest absolute Gasteiger partial charge is 0.254 e. The Hall–Kier alpha value is -0.900. The Balaban J connectivity index is 1.96. The maximum Gasteiger partial charge on any atom is 0.254 e. The molecule has 0 heterocycles. The molecule has 1 amide bonds. The molecular weight excluding hydrogens is 273 g/mol. The highest BCUT2D eigenvalue weighted by Crippen LogP contribution is 2.46. The molecule has 4 heteroatoms. The van der Waals surface area contributed by atoms with Crippen molar-refractivity contribution in [3.63, 3.8) is 0 Å². The van der Waals surface area contributed by atoms with E-state index in [0.717, 1.165) is 18.2 Å². The summed E-state index contributed by atoms with van der Waals surface area (Å²) in [4.78, 5) is 11.7. The topological polar surface area (TPSA) is 29.1 Å².